The lowest BCUT2D eigenvalue weighted by Crippen LogP contribution is -2.30. The van der Waals surface area contributed by atoms with Crippen molar-refractivity contribution < 1.29 is 80.2 Å². The van der Waals surface area contributed by atoms with Crippen molar-refractivity contribution in [1.29, 1.82) is 0 Å². The van der Waals surface area contributed by atoms with Crippen LogP contribution in [-0.2, 0) is 65.4 Å². The van der Waals surface area contributed by atoms with Crippen LogP contribution in [0.15, 0.2) is 0 Å². The van der Waals surface area contributed by atoms with Crippen molar-refractivity contribution in [2.75, 3.05) is 39.6 Å². The van der Waals surface area contributed by atoms with Crippen molar-refractivity contribution in [3.05, 3.63) is 0 Å². The van der Waals surface area contributed by atoms with E-state index in [1.165, 1.54) is 289 Å². The van der Waals surface area contributed by atoms with Crippen LogP contribution in [-0.4, -0.2) is 96.7 Å². The zero-order valence-electron chi connectivity index (χ0n) is 68.9. The van der Waals surface area contributed by atoms with Crippen molar-refractivity contribution in [1.82, 2.24) is 0 Å². The summed E-state index contributed by atoms with van der Waals surface area (Å²) in [5, 5.41) is 10.7. The number of hydrogen-bond acceptors (Lipinski definition) is 15. The minimum Gasteiger partial charge on any atom is -0.462 e. The first kappa shape index (κ1) is 103. The molecule has 0 aliphatic carbocycles. The largest absolute Gasteiger partial charge is 0.472 e. The highest BCUT2D eigenvalue weighted by molar-refractivity contribution is 7.47. The number of esters is 4. The van der Waals surface area contributed by atoms with Gasteiger partial charge >= 0.3 is 39.5 Å². The molecule has 624 valence electrons. The zero-order valence-corrected chi connectivity index (χ0v) is 70.7. The van der Waals surface area contributed by atoms with Crippen LogP contribution in [0.25, 0.3) is 0 Å². The molecule has 0 radical (unpaired) electrons. The molecule has 0 heterocycles. The van der Waals surface area contributed by atoms with Crippen molar-refractivity contribution >= 4 is 39.5 Å². The van der Waals surface area contributed by atoms with E-state index in [9.17, 15) is 43.2 Å². The minimum atomic E-state index is -4.97. The van der Waals surface area contributed by atoms with Gasteiger partial charge in [-0.3, -0.25) is 37.3 Å². The molecule has 0 rings (SSSR count). The van der Waals surface area contributed by atoms with Crippen molar-refractivity contribution in [3.63, 3.8) is 0 Å². The molecule has 0 saturated heterocycles. The van der Waals surface area contributed by atoms with E-state index in [4.69, 9.17) is 37.0 Å². The highest BCUT2D eigenvalue weighted by atomic mass is 31.2. The molecular formula is C86H168O17P2. The van der Waals surface area contributed by atoms with E-state index >= 15 is 0 Å². The van der Waals surface area contributed by atoms with Gasteiger partial charge in [0.15, 0.2) is 12.2 Å². The minimum absolute atomic E-state index is 0.108. The summed E-state index contributed by atoms with van der Waals surface area (Å²) >= 11 is 0. The Hall–Kier alpha value is -1.94. The van der Waals surface area contributed by atoms with Crippen LogP contribution in [0.4, 0.5) is 0 Å². The molecule has 0 aromatic rings. The number of carbonyl (C=O) groups excluding carboxylic acids is 4. The lowest BCUT2D eigenvalue weighted by atomic mass is 10.0. The van der Waals surface area contributed by atoms with E-state index in [0.29, 0.717) is 25.7 Å². The van der Waals surface area contributed by atoms with Crippen molar-refractivity contribution in [3.8, 4) is 0 Å². The molecule has 0 amide bonds. The topological polar surface area (TPSA) is 237 Å². The second-order valence-corrected chi connectivity index (χ2v) is 34.3. The van der Waals surface area contributed by atoms with Gasteiger partial charge in [0.05, 0.1) is 26.4 Å². The molecule has 105 heavy (non-hydrogen) atoms. The Bertz CT molecular complexity index is 2000. The van der Waals surface area contributed by atoms with Crippen LogP contribution in [0.1, 0.15) is 465 Å². The average molecular weight is 1540 g/mol. The van der Waals surface area contributed by atoms with Gasteiger partial charge in [-0.2, -0.15) is 0 Å². The van der Waals surface area contributed by atoms with Crippen LogP contribution in [0, 0.1) is 5.92 Å². The Labute approximate surface area is 645 Å². The Balaban J connectivity index is 5.25. The van der Waals surface area contributed by atoms with E-state index in [1.54, 1.807) is 0 Å². The third-order valence-electron chi connectivity index (χ3n) is 20.3. The quantitative estimate of drug-likeness (QED) is 0.0222. The Morgan fingerprint density at radius 3 is 0.648 bits per heavy atom. The summed E-state index contributed by atoms with van der Waals surface area (Å²) in [6, 6.07) is 0. The summed E-state index contributed by atoms with van der Waals surface area (Å²) in [7, 11) is -9.93. The molecule has 5 atom stereocenters. The Morgan fingerprint density at radius 2 is 0.438 bits per heavy atom. The smallest absolute Gasteiger partial charge is 0.462 e. The number of ether oxygens (including phenoxy) is 4. The van der Waals surface area contributed by atoms with Gasteiger partial charge in [0.25, 0.3) is 0 Å². The predicted octanol–water partition coefficient (Wildman–Crippen LogP) is 26.4. The number of rotatable bonds is 86. The molecule has 17 nitrogen and oxygen atoms in total. The average Bonchev–Trinajstić information content (AvgIpc) is 0.907. The summed E-state index contributed by atoms with van der Waals surface area (Å²) < 4.78 is 68.9. The van der Waals surface area contributed by atoms with Gasteiger partial charge in [-0.05, 0) is 31.6 Å². The van der Waals surface area contributed by atoms with Crippen LogP contribution in [0.3, 0.4) is 0 Å². The monoisotopic (exact) mass is 1540 g/mol. The fourth-order valence-electron chi connectivity index (χ4n) is 13.5. The van der Waals surface area contributed by atoms with Gasteiger partial charge in [0.2, 0.25) is 0 Å². The van der Waals surface area contributed by atoms with Crippen LogP contribution in [0.2, 0.25) is 0 Å². The van der Waals surface area contributed by atoms with Gasteiger partial charge in [-0.25, -0.2) is 9.13 Å². The molecule has 0 fully saturated rings. The van der Waals surface area contributed by atoms with E-state index in [2.05, 4.69) is 34.6 Å². The van der Waals surface area contributed by atoms with E-state index in [1.807, 2.05) is 0 Å². The van der Waals surface area contributed by atoms with Gasteiger partial charge < -0.3 is 33.8 Å². The third-order valence-corrected chi connectivity index (χ3v) is 22.2. The number of hydrogen-bond donors (Lipinski definition) is 3. The van der Waals surface area contributed by atoms with Gasteiger partial charge in [0.1, 0.15) is 19.3 Å². The standard InChI is InChI=1S/C86H168O17P2/c1-6-9-12-15-18-21-24-27-30-32-34-36-39-41-44-49-54-59-64-69-83(88)96-75-81(102-86(91)72-67-62-57-51-46-43-40-37-35-33-31-28-25-22-19-16-13-10-7-2)77-100-104(92,93)98-73-80(87)74-99-105(94,95)101-78-82(76-97-84(89)70-65-60-55-52-47-48-53-58-63-68-79(4)5)103-85(90)71-66-61-56-50-45-42-38-29-26-23-20-17-14-11-8-3/h79-82,87H,6-78H2,1-5H3,(H,92,93)(H,94,95)/t80-,81-,82-/m1/s1. The molecule has 3 N–H and O–H groups in total. The number of phosphoric acid groups is 2. The normalized spacial score (nSPS) is 13.8. The lowest BCUT2D eigenvalue weighted by molar-refractivity contribution is -0.161. The number of aliphatic hydroxyl groups excluding tert-OH is 1. The maximum Gasteiger partial charge on any atom is 0.472 e. The first-order chi connectivity index (χ1) is 51.0. The van der Waals surface area contributed by atoms with Crippen molar-refractivity contribution in [2.45, 2.75) is 483 Å². The number of aliphatic hydroxyl groups is 1. The Morgan fingerprint density at radius 1 is 0.257 bits per heavy atom. The maximum absolute atomic E-state index is 13.1. The maximum atomic E-state index is 13.1. The Kier molecular flexibility index (Phi) is 77.3. The molecule has 0 aromatic carbocycles. The first-order valence-electron chi connectivity index (χ1n) is 44.6. The first-order valence-corrected chi connectivity index (χ1v) is 47.6. The summed E-state index contributed by atoms with van der Waals surface area (Å²) in [6.45, 7) is 7.35. The predicted molar refractivity (Wildman–Crippen MR) is 432 cm³/mol. The fraction of sp³-hybridized carbons (Fsp3) is 0.953. The zero-order chi connectivity index (χ0) is 76.9. The number of phosphoric ester groups is 2. The number of carbonyl (C=O) groups is 4. The highest BCUT2D eigenvalue weighted by Gasteiger charge is 2.30. The summed E-state index contributed by atoms with van der Waals surface area (Å²) in [5.41, 5.74) is 0. The highest BCUT2D eigenvalue weighted by Crippen LogP contribution is 2.45. The molecule has 19 heteroatoms. The molecular weight excluding hydrogens is 1370 g/mol. The van der Waals surface area contributed by atoms with Gasteiger partial charge in [-0.15, -0.1) is 0 Å². The van der Waals surface area contributed by atoms with Gasteiger partial charge in [0, 0.05) is 25.7 Å². The molecule has 2 unspecified atom stereocenters. The number of unbranched alkanes of at least 4 members (excludes halogenated alkanes) is 58. The molecule has 0 aliphatic rings. The summed E-state index contributed by atoms with van der Waals surface area (Å²) in [4.78, 5) is 73.3. The molecule has 0 aromatic heterocycles. The molecule has 0 saturated carbocycles. The van der Waals surface area contributed by atoms with Gasteiger partial charge in [-0.1, -0.05) is 413 Å². The third kappa shape index (κ3) is 79.9. The van der Waals surface area contributed by atoms with Crippen molar-refractivity contribution in [2.24, 2.45) is 5.92 Å². The lowest BCUT2D eigenvalue weighted by Gasteiger charge is -2.21. The second kappa shape index (κ2) is 78.7. The van der Waals surface area contributed by atoms with Crippen LogP contribution >= 0.6 is 15.6 Å². The van der Waals surface area contributed by atoms with E-state index in [-0.39, 0.29) is 25.7 Å². The SMILES string of the molecule is CCCCCCCCCCCCCCCCCCCCCC(=O)OC[C@H](COP(=O)(O)OC[C@@H](O)COP(=O)(O)OC[C@@H](COC(=O)CCCCCCCCCCCC(C)C)OC(=O)CCCCCCCCCCCCCCCCC)OC(=O)CCCCCCCCCCCCCCCCCCCCC. The van der Waals surface area contributed by atoms with Crippen LogP contribution < -0.4 is 0 Å². The molecule has 0 aliphatic heterocycles. The fourth-order valence-corrected chi connectivity index (χ4v) is 15.1. The van der Waals surface area contributed by atoms with Crippen LogP contribution in [0.5, 0.6) is 0 Å². The van der Waals surface area contributed by atoms with E-state index in [0.717, 1.165) is 95.8 Å². The molecule has 0 bridgehead atoms. The summed E-state index contributed by atoms with van der Waals surface area (Å²) in [5.74, 6) is -1.35. The molecule has 0 spiro atoms. The van der Waals surface area contributed by atoms with E-state index < -0.39 is 97.5 Å². The second-order valence-electron chi connectivity index (χ2n) is 31.4. The summed E-state index contributed by atoms with van der Waals surface area (Å²) in [6.07, 6.45) is 72.2.